The Morgan fingerprint density at radius 3 is 2.30 bits per heavy atom. The predicted molar refractivity (Wildman–Crippen MR) is 107 cm³/mol. The molecular weight excluding hydrogens is 340 g/mol. The number of anilines is 2. The topological polar surface area (TPSA) is 65.5 Å². The quantitative estimate of drug-likeness (QED) is 0.847. The van der Waals surface area contributed by atoms with Gasteiger partial charge in [-0.05, 0) is 38.1 Å². The molecule has 0 spiro atoms. The summed E-state index contributed by atoms with van der Waals surface area (Å²) in [5.74, 6) is 0.764. The number of pyridine rings is 1. The number of allylic oxidation sites excluding steroid dienone is 1. The molecule has 1 aliphatic heterocycles. The van der Waals surface area contributed by atoms with Gasteiger partial charge in [-0.15, -0.1) is 0 Å². The molecule has 1 N–H and O–H groups in total. The number of aromatic nitrogens is 1. The maximum absolute atomic E-state index is 12.5. The van der Waals surface area contributed by atoms with Crippen LogP contribution in [0.1, 0.15) is 24.2 Å². The van der Waals surface area contributed by atoms with Gasteiger partial charge in [0.2, 0.25) is 5.91 Å². The Kier molecular flexibility index (Phi) is 5.86. The first-order chi connectivity index (χ1) is 13.0. The smallest absolute Gasteiger partial charge is 0.253 e. The highest BCUT2D eigenvalue weighted by Crippen LogP contribution is 2.17. The van der Waals surface area contributed by atoms with Gasteiger partial charge in [-0.2, -0.15) is 0 Å². The minimum Gasteiger partial charge on any atom is -0.353 e. The summed E-state index contributed by atoms with van der Waals surface area (Å²) in [6.07, 6.45) is 3.21. The molecule has 1 fully saturated rings. The van der Waals surface area contributed by atoms with E-state index in [4.69, 9.17) is 0 Å². The van der Waals surface area contributed by atoms with Crippen LogP contribution in [0.15, 0.2) is 60.3 Å². The van der Waals surface area contributed by atoms with E-state index in [2.05, 4.69) is 15.2 Å². The largest absolute Gasteiger partial charge is 0.353 e. The molecule has 0 atom stereocenters. The standard InChI is InChI=1S/C21H24N4O2/c1-16(2)14-20(26)23-18-8-9-19(22-15-18)24-10-12-25(13-11-24)21(27)17-6-4-3-5-7-17/h3-9,14-15H,10-13H2,1-2H3,(H,23,26). The summed E-state index contributed by atoms with van der Waals surface area (Å²) in [6, 6.07) is 13.1. The third kappa shape index (κ3) is 4.94. The van der Waals surface area contributed by atoms with Gasteiger partial charge in [0, 0.05) is 37.8 Å². The van der Waals surface area contributed by atoms with E-state index in [1.165, 1.54) is 0 Å². The summed E-state index contributed by atoms with van der Waals surface area (Å²) >= 11 is 0. The number of amides is 2. The highest BCUT2D eigenvalue weighted by molar-refractivity contribution is 5.99. The zero-order chi connectivity index (χ0) is 19.2. The van der Waals surface area contributed by atoms with Gasteiger partial charge in [-0.25, -0.2) is 4.98 Å². The molecule has 2 amide bonds. The van der Waals surface area contributed by atoms with Gasteiger partial charge in [0.15, 0.2) is 0 Å². The molecule has 6 heteroatoms. The number of carbonyl (C=O) groups excluding carboxylic acids is 2. The third-order valence-corrected chi connectivity index (χ3v) is 4.35. The zero-order valence-electron chi connectivity index (χ0n) is 15.7. The van der Waals surface area contributed by atoms with Crippen molar-refractivity contribution >= 4 is 23.3 Å². The minimum atomic E-state index is -0.155. The minimum absolute atomic E-state index is 0.0699. The van der Waals surface area contributed by atoms with Crippen molar-refractivity contribution in [2.24, 2.45) is 0 Å². The number of nitrogens with one attached hydrogen (secondary N) is 1. The molecular formula is C21H24N4O2. The predicted octanol–water partition coefficient (Wildman–Crippen LogP) is 2.95. The molecule has 0 unspecified atom stereocenters. The van der Waals surface area contributed by atoms with Crippen LogP contribution in [0.4, 0.5) is 11.5 Å². The fourth-order valence-electron chi connectivity index (χ4n) is 2.99. The van der Waals surface area contributed by atoms with Crippen LogP contribution in [-0.4, -0.2) is 47.9 Å². The number of benzene rings is 1. The van der Waals surface area contributed by atoms with Crippen LogP contribution < -0.4 is 10.2 Å². The summed E-state index contributed by atoms with van der Waals surface area (Å²) in [7, 11) is 0. The lowest BCUT2D eigenvalue weighted by atomic mass is 10.2. The lowest BCUT2D eigenvalue weighted by Crippen LogP contribution is -2.49. The average molecular weight is 364 g/mol. The van der Waals surface area contributed by atoms with Crippen LogP contribution in [0.3, 0.4) is 0 Å². The lowest BCUT2D eigenvalue weighted by Gasteiger charge is -2.35. The Morgan fingerprint density at radius 2 is 1.70 bits per heavy atom. The molecule has 1 aliphatic rings. The molecule has 0 saturated carbocycles. The molecule has 1 aromatic heterocycles. The summed E-state index contributed by atoms with van der Waals surface area (Å²) in [4.78, 5) is 32.8. The molecule has 2 heterocycles. The molecule has 1 aromatic carbocycles. The first kappa shape index (κ1) is 18.6. The van der Waals surface area contributed by atoms with E-state index >= 15 is 0 Å². The molecule has 0 radical (unpaired) electrons. The van der Waals surface area contributed by atoms with Crippen molar-refractivity contribution in [3.8, 4) is 0 Å². The van der Waals surface area contributed by atoms with Crippen LogP contribution >= 0.6 is 0 Å². The van der Waals surface area contributed by atoms with Gasteiger partial charge >= 0.3 is 0 Å². The maximum atomic E-state index is 12.5. The van der Waals surface area contributed by atoms with E-state index in [9.17, 15) is 9.59 Å². The Hall–Kier alpha value is -3.15. The first-order valence-electron chi connectivity index (χ1n) is 9.04. The number of hydrogen-bond acceptors (Lipinski definition) is 4. The second-order valence-corrected chi connectivity index (χ2v) is 6.76. The van der Waals surface area contributed by atoms with E-state index in [0.29, 0.717) is 18.8 Å². The van der Waals surface area contributed by atoms with Crippen molar-refractivity contribution in [3.63, 3.8) is 0 Å². The van der Waals surface area contributed by atoms with Crippen molar-refractivity contribution in [2.45, 2.75) is 13.8 Å². The number of rotatable bonds is 4. The average Bonchev–Trinajstić information content (AvgIpc) is 2.68. The third-order valence-electron chi connectivity index (χ3n) is 4.35. The Morgan fingerprint density at radius 1 is 1.00 bits per heavy atom. The van der Waals surface area contributed by atoms with Gasteiger partial charge in [0.05, 0.1) is 11.9 Å². The molecule has 6 nitrogen and oxygen atoms in total. The number of hydrogen-bond donors (Lipinski definition) is 1. The fraction of sp³-hybridized carbons (Fsp3) is 0.286. The maximum Gasteiger partial charge on any atom is 0.253 e. The summed E-state index contributed by atoms with van der Waals surface area (Å²) in [5, 5.41) is 2.79. The first-order valence-corrected chi connectivity index (χ1v) is 9.04. The molecule has 27 heavy (non-hydrogen) atoms. The van der Waals surface area contributed by atoms with E-state index in [1.54, 1.807) is 12.3 Å². The fourth-order valence-corrected chi connectivity index (χ4v) is 2.99. The summed E-state index contributed by atoms with van der Waals surface area (Å²) < 4.78 is 0. The van der Waals surface area contributed by atoms with Crippen LogP contribution in [0.25, 0.3) is 0 Å². The van der Waals surface area contributed by atoms with Crippen LogP contribution in [-0.2, 0) is 4.79 Å². The Balaban J connectivity index is 1.56. The SMILES string of the molecule is CC(C)=CC(=O)Nc1ccc(N2CCN(C(=O)c3ccccc3)CC2)nc1. The van der Waals surface area contributed by atoms with Crippen molar-refractivity contribution in [1.82, 2.24) is 9.88 Å². The van der Waals surface area contributed by atoms with Gasteiger partial charge < -0.3 is 15.1 Å². The Bertz CT molecular complexity index is 819. The molecule has 0 bridgehead atoms. The van der Waals surface area contributed by atoms with Crippen LogP contribution in [0.5, 0.6) is 0 Å². The summed E-state index contributed by atoms with van der Waals surface area (Å²) in [5.41, 5.74) is 2.33. The van der Waals surface area contributed by atoms with Crippen LogP contribution in [0, 0.1) is 0 Å². The van der Waals surface area contributed by atoms with E-state index < -0.39 is 0 Å². The Labute approximate surface area is 159 Å². The van der Waals surface area contributed by atoms with Gasteiger partial charge in [-0.1, -0.05) is 23.8 Å². The zero-order valence-corrected chi connectivity index (χ0v) is 15.7. The van der Waals surface area contributed by atoms with Crippen molar-refractivity contribution in [3.05, 3.63) is 65.9 Å². The van der Waals surface area contributed by atoms with E-state index in [1.807, 2.05) is 61.2 Å². The monoisotopic (exact) mass is 364 g/mol. The van der Waals surface area contributed by atoms with Gasteiger partial charge in [0.1, 0.15) is 5.82 Å². The molecule has 140 valence electrons. The van der Waals surface area contributed by atoms with Crippen LogP contribution in [0.2, 0.25) is 0 Å². The van der Waals surface area contributed by atoms with E-state index in [-0.39, 0.29) is 11.8 Å². The van der Waals surface area contributed by atoms with Gasteiger partial charge in [-0.3, -0.25) is 9.59 Å². The second kappa shape index (κ2) is 8.49. The number of carbonyl (C=O) groups is 2. The van der Waals surface area contributed by atoms with Gasteiger partial charge in [0.25, 0.3) is 5.91 Å². The highest BCUT2D eigenvalue weighted by Gasteiger charge is 2.22. The normalized spacial score (nSPS) is 13.9. The number of piperazine rings is 1. The molecule has 1 saturated heterocycles. The molecule has 2 aromatic rings. The second-order valence-electron chi connectivity index (χ2n) is 6.76. The van der Waals surface area contributed by atoms with E-state index in [0.717, 1.165) is 30.0 Å². The lowest BCUT2D eigenvalue weighted by molar-refractivity contribution is -0.111. The van der Waals surface area contributed by atoms with Crippen molar-refractivity contribution in [1.29, 1.82) is 0 Å². The number of nitrogens with zero attached hydrogens (tertiary/aromatic N) is 3. The highest BCUT2D eigenvalue weighted by atomic mass is 16.2. The van der Waals surface area contributed by atoms with Crippen molar-refractivity contribution in [2.75, 3.05) is 36.4 Å². The molecule has 0 aliphatic carbocycles. The summed E-state index contributed by atoms with van der Waals surface area (Å²) in [6.45, 7) is 6.54. The van der Waals surface area contributed by atoms with Crippen molar-refractivity contribution < 1.29 is 9.59 Å². The molecule has 3 rings (SSSR count).